The topological polar surface area (TPSA) is 111 Å². The van der Waals surface area contributed by atoms with Gasteiger partial charge in [-0.15, -0.1) is 0 Å². The quantitative estimate of drug-likeness (QED) is 0.406. The summed E-state index contributed by atoms with van der Waals surface area (Å²) in [6.45, 7) is 11.7. The SMILES string of the molecule is CNCc1cc(Nc2cc(-c3ccc(CNC(=O)N4CC[C@H](C(C)(C)C)C4)c(C)c3)ncn2)n[nH]1. The molecule has 1 aliphatic rings. The van der Waals surface area contributed by atoms with Crippen molar-refractivity contribution in [3.63, 3.8) is 0 Å². The van der Waals surface area contributed by atoms with Crippen LogP contribution in [0.1, 0.15) is 44.0 Å². The molecule has 0 aliphatic carbocycles. The Labute approximate surface area is 207 Å². The van der Waals surface area contributed by atoms with Gasteiger partial charge in [0.25, 0.3) is 0 Å². The van der Waals surface area contributed by atoms with Crippen molar-refractivity contribution in [3.8, 4) is 11.3 Å². The number of benzene rings is 1. The third-order valence-corrected chi connectivity index (χ3v) is 6.69. The van der Waals surface area contributed by atoms with Crippen LogP contribution in [0, 0.1) is 18.3 Å². The number of rotatable bonds is 7. The number of H-pyrrole nitrogens is 1. The van der Waals surface area contributed by atoms with Crippen molar-refractivity contribution in [1.29, 1.82) is 0 Å². The number of hydrogen-bond acceptors (Lipinski definition) is 6. The molecule has 2 amide bonds. The second-order valence-corrected chi connectivity index (χ2v) is 10.3. The lowest BCUT2D eigenvalue weighted by atomic mass is 9.80. The molecular weight excluding hydrogens is 440 g/mol. The number of amides is 2. The molecule has 2 aromatic heterocycles. The fourth-order valence-corrected chi connectivity index (χ4v) is 4.41. The molecule has 3 heterocycles. The molecule has 4 rings (SSSR count). The highest BCUT2D eigenvalue weighted by molar-refractivity contribution is 5.74. The molecule has 0 saturated carbocycles. The van der Waals surface area contributed by atoms with E-state index in [0.717, 1.165) is 47.6 Å². The molecule has 1 fully saturated rings. The Kier molecular flexibility index (Phi) is 7.35. The average Bonchev–Trinajstić information content (AvgIpc) is 3.49. The number of nitrogens with zero attached hydrogens (tertiary/aromatic N) is 4. The zero-order valence-electron chi connectivity index (χ0n) is 21.3. The first-order valence-corrected chi connectivity index (χ1v) is 12.1. The number of likely N-dealkylation sites (tertiary alicyclic amines) is 1. The summed E-state index contributed by atoms with van der Waals surface area (Å²) in [5, 5.41) is 16.6. The fraction of sp³-hybridized carbons (Fsp3) is 0.462. The second kappa shape index (κ2) is 10.4. The van der Waals surface area contributed by atoms with Gasteiger partial charge in [0.1, 0.15) is 12.1 Å². The van der Waals surface area contributed by atoms with Crippen molar-refractivity contribution in [2.45, 2.75) is 47.2 Å². The van der Waals surface area contributed by atoms with Gasteiger partial charge < -0.3 is 20.9 Å². The number of anilines is 2. The maximum Gasteiger partial charge on any atom is 0.317 e. The van der Waals surface area contributed by atoms with Gasteiger partial charge in [0.15, 0.2) is 5.82 Å². The molecule has 35 heavy (non-hydrogen) atoms. The van der Waals surface area contributed by atoms with Crippen LogP contribution in [0.25, 0.3) is 11.3 Å². The Bertz CT molecular complexity index is 1170. The Hall–Kier alpha value is -3.46. The molecule has 1 saturated heterocycles. The summed E-state index contributed by atoms with van der Waals surface area (Å²) in [5.41, 5.74) is 5.22. The number of aryl methyl sites for hydroxylation is 1. The van der Waals surface area contributed by atoms with Crippen molar-refractivity contribution < 1.29 is 4.79 Å². The van der Waals surface area contributed by atoms with E-state index in [4.69, 9.17) is 0 Å². The lowest BCUT2D eigenvalue weighted by Gasteiger charge is -2.27. The summed E-state index contributed by atoms with van der Waals surface area (Å²) in [4.78, 5) is 23.4. The third kappa shape index (κ3) is 6.16. The minimum atomic E-state index is 0.0167. The van der Waals surface area contributed by atoms with Crippen LogP contribution in [-0.2, 0) is 13.1 Å². The summed E-state index contributed by atoms with van der Waals surface area (Å²) in [6.07, 6.45) is 2.61. The van der Waals surface area contributed by atoms with E-state index in [1.165, 1.54) is 0 Å². The highest BCUT2D eigenvalue weighted by Gasteiger charge is 2.33. The standard InChI is InChI=1S/C26H36N8O/c1-17-10-18(22-12-23(30-16-29-22)31-24-11-21(14-27-5)32-33-24)6-7-19(17)13-28-25(35)34-9-8-20(15-34)26(2,3)4/h6-7,10-12,16,20,27H,8-9,13-15H2,1-5H3,(H,28,35)(H2,29,30,31,32,33)/t20-/m0/s1. The number of carbonyl (C=O) groups excluding carboxylic acids is 1. The summed E-state index contributed by atoms with van der Waals surface area (Å²) in [6, 6.07) is 10.0. The molecule has 9 nitrogen and oxygen atoms in total. The largest absolute Gasteiger partial charge is 0.334 e. The van der Waals surface area contributed by atoms with Crippen LogP contribution in [0.5, 0.6) is 0 Å². The van der Waals surface area contributed by atoms with Crippen LogP contribution in [0.4, 0.5) is 16.4 Å². The van der Waals surface area contributed by atoms with E-state index in [-0.39, 0.29) is 11.4 Å². The van der Waals surface area contributed by atoms with Crippen molar-refractivity contribution in [2.24, 2.45) is 11.3 Å². The first-order chi connectivity index (χ1) is 16.7. The van der Waals surface area contributed by atoms with Crippen molar-refractivity contribution in [1.82, 2.24) is 35.7 Å². The van der Waals surface area contributed by atoms with Crippen LogP contribution < -0.4 is 16.0 Å². The van der Waals surface area contributed by atoms with Crippen molar-refractivity contribution in [2.75, 3.05) is 25.5 Å². The van der Waals surface area contributed by atoms with Crippen LogP contribution >= 0.6 is 0 Å². The summed E-state index contributed by atoms with van der Waals surface area (Å²) >= 11 is 0. The fourth-order valence-electron chi connectivity index (χ4n) is 4.41. The van der Waals surface area contributed by atoms with Crippen LogP contribution in [-0.4, -0.2) is 51.2 Å². The van der Waals surface area contributed by atoms with Crippen LogP contribution in [0.3, 0.4) is 0 Å². The molecule has 1 aromatic carbocycles. The van der Waals surface area contributed by atoms with Gasteiger partial charge in [0.2, 0.25) is 0 Å². The van der Waals surface area contributed by atoms with Crippen LogP contribution in [0.2, 0.25) is 0 Å². The Morgan fingerprint density at radius 3 is 2.69 bits per heavy atom. The first-order valence-electron chi connectivity index (χ1n) is 12.1. The predicted molar refractivity (Wildman–Crippen MR) is 138 cm³/mol. The summed E-state index contributed by atoms with van der Waals surface area (Å²) < 4.78 is 0. The maximum atomic E-state index is 12.7. The minimum absolute atomic E-state index is 0.0167. The van der Waals surface area contributed by atoms with Gasteiger partial charge in [-0.25, -0.2) is 14.8 Å². The molecule has 4 N–H and O–H groups in total. The number of carbonyl (C=O) groups is 1. The lowest BCUT2D eigenvalue weighted by Crippen LogP contribution is -2.39. The van der Waals surface area contributed by atoms with Gasteiger partial charge in [-0.1, -0.05) is 32.9 Å². The number of aromatic nitrogens is 4. The van der Waals surface area contributed by atoms with Gasteiger partial charge in [0.05, 0.1) is 11.4 Å². The summed E-state index contributed by atoms with van der Waals surface area (Å²) in [7, 11) is 1.89. The molecular formula is C26H36N8O. The van der Waals surface area contributed by atoms with Crippen molar-refractivity contribution >= 4 is 17.7 Å². The molecule has 0 unspecified atom stereocenters. The van der Waals surface area contributed by atoms with E-state index in [1.54, 1.807) is 6.33 Å². The third-order valence-electron chi connectivity index (χ3n) is 6.69. The van der Waals surface area contributed by atoms with Crippen molar-refractivity contribution in [3.05, 3.63) is 53.5 Å². The number of nitrogens with one attached hydrogen (secondary N) is 4. The number of hydrogen-bond donors (Lipinski definition) is 4. The van der Waals surface area contributed by atoms with E-state index in [2.05, 4.69) is 75.9 Å². The maximum absolute atomic E-state index is 12.7. The zero-order valence-corrected chi connectivity index (χ0v) is 21.3. The van der Waals surface area contributed by atoms with Gasteiger partial charge in [-0.3, -0.25) is 5.10 Å². The van der Waals surface area contributed by atoms with Gasteiger partial charge in [0, 0.05) is 43.9 Å². The first kappa shape index (κ1) is 24.7. The molecule has 9 heteroatoms. The zero-order chi connectivity index (χ0) is 25.0. The monoisotopic (exact) mass is 476 g/mol. The highest BCUT2D eigenvalue weighted by atomic mass is 16.2. The van der Waals surface area contributed by atoms with E-state index in [9.17, 15) is 4.79 Å². The van der Waals surface area contributed by atoms with Gasteiger partial charge in [-0.2, -0.15) is 5.10 Å². The Morgan fingerprint density at radius 2 is 1.97 bits per heavy atom. The van der Waals surface area contributed by atoms with E-state index in [1.807, 2.05) is 30.1 Å². The summed E-state index contributed by atoms with van der Waals surface area (Å²) in [5.74, 6) is 1.92. The van der Waals surface area contributed by atoms with Gasteiger partial charge in [-0.05, 0) is 48.9 Å². The normalized spacial score (nSPS) is 15.9. The molecule has 0 radical (unpaired) electrons. The van der Waals surface area contributed by atoms with Crippen LogP contribution in [0.15, 0.2) is 36.7 Å². The molecule has 0 bridgehead atoms. The number of aromatic amines is 1. The molecule has 3 aromatic rings. The van der Waals surface area contributed by atoms with Gasteiger partial charge >= 0.3 is 6.03 Å². The predicted octanol–water partition coefficient (Wildman–Crippen LogP) is 4.22. The molecule has 186 valence electrons. The minimum Gasteiger partial charge on any atom is -0.334 e. The lowest BCUT2D eigenvalue weighted by molar-refractivity contribution is 0.196. The Morgan fingerprint density at radius 1 is 1.14 bits per heavy atom. The average molecular weight is 477 g/mol. The van der Waals surface area contributed by atoms with E-state index >= 15 is 0 Å². The Balaban J connectivity index is 1.37. The smallest absolute Gasteiger partial charge is 0.317 e. The van der Waals surface area contributed by atoms with E-state index < -0.39 is 0 Å². The second-order valence-electron chi connectivity index (χ2n) is 10.3. The highest BCUT2D eigenvalue weighted by Crippen LogP contribution is 2.33. The van der Waals surface area contributed by atoms with E-state index in [0.29, 0.717) is 30.6 Å². The molecule has 0 spiro atoms. The number of urea groups is 1. The molecule has 1 aliphatic heterocycles. The molecule has 1 atom stereocenters.